The number of ether oxygens (including phenoxy) is 2. The molecule has 1 rings (SSSR count). The van der Waals surface area contributed by atoms with Crippen LogP contribution >= 0.6 is 24.0 Å². The summed E-state index contributed by atoms with van der Waals surface area (Å²) in [7, 11) is 0. The highest BCUT2D eigenvalue weighted by molar-refractivity contribution is 7.99. The third-order valence-electron chi connectivity index (χ3n) is 3.11. The molecule has 0 aromatic heterocycles. The Hall–Kier alpha value is -1.47. The highest BCUT2D eigenvalue weighted by atomic mass is 32.2. The van der Waals surface area contributed by atoms with Gasteiger partial charge in [-0.15, -0.1) is 0 Å². The minimum absolute atomic E-state index is 0.129. The molecule has 0 aliphatic heterocycles. The van der Waals surface area contributed by atoms with Crippen LogP contribution in [-0.2, 0) is 0 Å². The van der Waals surface area contributed by atoms with Crippen molar-refractivity contribution in [3.8, 4) is 11.5 Å². The average molecular weight is 496 g/mol. The topological polar surface area (TPSA) is 67.8 Å². The van der Waals surface area contributed by atoms with E-state index in [4.69, 9.17) is 14.0 Å². The van der Waals surface area contributed by atoms with Gasteiger partial charge in [0, 0.05) is 23.6 Å². The van der Waals surface area contributed by atoms with Gasteiger partial charge in [-0.3, -0.25) is 9.52 Å². The second-order valence-corrected chi connectivity index (χ2v) is 9.97. The van der Waals surface area contributed by atoms with E-state index < -0.39 is 57.5 Å². The van der Waals surface area contributed by atoms with E-state index in [1.165, 1.54) is 10.8 Å². The first-order chi connectivity index (χ1) is 13.7. The van der Waals surface area contributed by atoms with Gasteiger partial charge < -0.3 is 14.0 Å². The lowest BCUT2D eigenvalue weighted by molar-refractivity contribution is -0.238. The predicted molar refractivity (Wildman–Crippen MR) is 107 cm³/mol. The van der Waals surface area contributed by atoms with Crippen LogP contribution < -0.4 is 14.2 Å². The predicted octanol–water partition coefficient (Wildman–Crippen LogP) is 6.45. The summed E-state index contributed by atoms with van der Waals surface area (Å²) in [6, 6.07) is 3.76. The third kappa shape index (κ3) is 7.56. The van der Waals surface area contributed by atoms with Crippen LogP contribution in [-0.4, -0.2) is 38.1 Å². The van der Waals surface area contributed by atoms with Gasteiger partial charge in [0.15, 0.2) is 0 Å². The zero-order valence-corrected chi connectivity index (χ0v) is 19.1. The SMILES string of the molecule is CC(C)(C)Oc1cc(OC(C)(C)C)cc(C(=O)NSC(F)(F)C(F)(F)C(F)(F)SO)c1. The quantitative estimate of drug-likeness (QED) is 0.246. The summed E-state index contributed by atoms with van der Waals surface area (Å²) in [4.78, 5) is 12.3. The molecule has 0 saturated carbocycles. The van der Waals surface area contributed by atoms with Crippen LogP contribution in [0.3, 0.4) is 0 Å². The number of nitrogens with one attached hydrogen (secondary N) is 1. The van der Waals surface area contributed by atoms with Crippen molar-refractivity contribution >= 4 is 29.9 Å². The maximum atomic E-state index is 13.7. The van der Waals surface area contributed by atoms with Crippen LogP contribution in [0.25, 0.3) is 0 Å². The molecule has 0 radical (unpaired) electrons. The van der Waals surface area contributed by atoms with E-state index in [1.807, 2.05) is 0 Å². The van der Waals surface area contributed by atoms with Gasteiger partial charge in [-0.25, -0.2) is 0 Å². The molecule has 0 fully saturated rings. The van der Waals surface area contributed by atoms with E-state index in [9.17, 15) is 31.1 Å². The second kappa shape index (κ2) is 9.18. The molecule has 0 spiro atoms. The highest BCUT2D eigenvalue weighted by Gasteiger charge is 2.73. The fraction of sp³-hybridized carbons (Fsp3) is 0.611. The number of amides is 1. The Morgan fingerprint density at radius 1 is 0.839 bits per heavy atom. The molecule has 0 aliphatic rings. The minimum Gasteiger partial charge on any atom is -0.488 e. The largest absolute Gasteiger partial charge is 0.488 e. The van der Waals surface area contributed by atoms with E-state index in [0.29, 0.717) is 0 Å². The zero-order valence-electron chi connectivity index (χ0n) is 17.5. The van der Waals surface area contributed by atoms with Gasteiger partial charge in [0.25, 0.3) is 5.91 Å². The number of alkyl halides is 6. The monoisotopic (exact) mass is 495 g/mol. The van der Waals surface area contributed by atoms with Crippen LogP contribution in [0.15, 0.2) is 18.2 Å². The maximum absolute atomic E-state index is 13.7. The molecular weight excluding hydrogens is 472 g/mol. The minimum atomic E-state index is -5.96. The molecule has 0 unspecified atom stereocenters. The van der Waals surface area contributed by atoms with Gasteiger partial charge in [0.1, 0.15) is 22.7 Å². The van der Waals surface area contributed by atoms with Crippen molar-refractivity contribution in [1.29, 1.82) is 0 Å². The lowest BCUT2D eigenvalue weighted by Crippen LogP contribution is -2.51. The first kappa shape index (κ1) is 27.6. The van der Waals surface area contributed by atoms with Gasteiger partial charge in [0.05, 0.1) is 12.0 Å². The number of benzene rings is 1. The molecule has 1 aromatic carbocycles. The molecule has 0 bridgehead atoms. The van der Waals surface area contributed by atoms with Crippen LogP contribution in [0.5, 0.6) is 11.5 Å². The van der Waals surface area contributed by atoms with Crippen molar-refractivity contribution in [3.05, 3.63) is 23.8 Å². The number of hydrogen-bond donors (Lipinski definition) is 2. The molecule has 31 heavy (non-hydrogen) atoms. The fourth-order valence-electron chi connectivity index (χ4n) is 1.99. The smallest absolute Gasteiger partial charge is 0.395 e. The second-order valence-electron chi connectivity index (χ2n) is 8.35. The van der Waals surface area contributed by atoms with E-state index in [-0.39, 0.29) is 17.1 Å². The maximum Gasteiger partial charge on any atom is 0.395 e. The van der Waals surface area contributed by atoms with Gasteiger partial charge in [0.2, 0.25) is 0 Å². The Labute approximate surface area is 184 Å². The Morgan fingerprint density at radius 3 is 1.61 bits per heavy atom. The Bertz CT molecular complexity index is 760. The number of carbonyl (C=O) groups is 1. The standard InChI is InChI=1S/C18H23F6NO4S2/c1-14(2,3)28-11-7-10(8-12(9-11)29-15(4,5)6)13(26)25-30-17(21,22)16(19,20)18(23,24)31-27/h7-9,27H,1-6H3,(H,25,26). The lowest BCUT2D eigenvalue weighted by Gasteiger charge is -2.29. The van der Waals surface area contributed by atoms with E-state index in [2.05, 4.69) is 0 Å². The summed E-state index contributed by atoms with van der Waals surface area (Å²) >= 11 is -2.92. The summed E-state index contributed by atoms with van der Waals surface area (Å²) in [6.45, 7) is 10.3. The summed E-state index contributed by atoms with van der Waals surface area (Å²) in [5.74, 6) is -6.98. The van der Waals surface area contributed by atoms with Gasteiger partial charge in [-0.05, 0) is 53.7 Å². The van der Waals surface area contributed by atoms with Crippen molar-refractivity contribution in [2.24, 2.45) is 0 Å². The number of carbonyl (C=O) groups excluding carboxylic acids is 1. The number of halogens is 6. The van der Waals surface area contributed by atoms with Crippen molar-refractivity contribution < 1.29 is 45.2 Å². The van der Waals surface area contributed by atoms with Crippen LogP contribution in [0.4, 0.5) is 26.3 Å². The molecule has 0 saturated heterocycles. The molecule has 178 valence electrons. The summed E-state index contributed by atoms with van der Waals surface area (Å²) in [5.41, 5.74) is -1.70. The van der Waals surface area contributed by atoms with Crippen LogP contribution in [0, 0.1) is 0 Å². The van der Waals surface area contributed by atoms with Crippen molar-refractivity contribution in [2.75, 3.05) is 0 Å². The van der Waals surface area contributed by atoms with E-state index in [0.717, 1.165) is 12.1 Å². The molecule has 0 aliphatic carbocycles. The Morgan fingerprint density at radius 2 is 1.26 bits per heavy atom. The van der Waals surface area contributed by atoms with E-state index in [1.54, 1.807) is 41.5 Å². The van der Waals surface area contributed by atoms with Crippen molar-refractivity contribution in [2.45, 2.75) is 69.2 Å². The normalized spacial score (nSPS) is 13.7. The molecule has 13 heteroatoms. The number of hydrogen-bond acceptors (Lipinski definition) is 6. The summed E-state index contributed by atoms with van der Waals surface area (Å²) in [6.07, 6.45) is 0. The lowest BCUT2D eigenvalue weighted by atomic mass is 10.1. The van der Waals surface area contributed by atoms with Crippen LogP contribution in [0.2, 0.25) is 0 Å². The molecule has 0 heterocycles. The summed E-state index contributed by atoms with van der Waals surface area (Å²) < 4.78 is 101. The van der Waals surface area contributed by atoms with Gasteiger partial charge in [-0.2, -0.15) is 26.3 Å². The zero-order chi connectivity index (χ0) is 24.5. The Kier molecular flexibility index (Phi) is 8.16. The molecular formula is C18H23F6NO4S2. The molecule has 0 atom stereocenters. The first-order valence-electron chi connectivity index (χ1n) is 8.68. The molecule has 5 nitrogen and oxygen atoms in total. The van der Waals surface area contributed by atoms with Crippen LogP contribution in [0.1, 0.15) is 51.9 Å². The summed E-state index contributed by atoms with van der Waals surface area (Å²) in [5, 5.41) is -10.9. The van der Waals surface area contributed by atoms with Gasteiger partial charge >= 0.3 is 16.4 Å². The molecule has 1 aromatic rings. The third-order valence-corrected chi connectivity index (χ3v) is 4.39. The average Bonchev–Trinajstić information content (AvgIpc) is 2.56. The van der Waals surface area contributed by atoms with Crippen molar-refractivity contribution in [1.82, 2.24) is 4.72 Å². The number of rotatable bonds is 8. The van der Waals surface area contributed by atoms with Gasteiger partial charge in [-0.1, -0.05) is 0 Å². The van der Waals surface area contributed by atoms with Crippen molar-refractivity contribution in [3.63, 3.8) is 0 Å². The molecule has 1 amide bonds. The Balaban J connectivity index is 3.16. The highest BCUT2D eigenvalue weighted by Crippen LogP contribution is 2.54. The van der Waals surface area contributed by atoms with E-state index >= 15 is 0 Å². The molecule has 2 N–H and O–H groups in total. The first-order valence-corrected chi connectivity index (χ1v) is 10.3. The fourth-order valence-corrected chi connectivity index (χ4v) is 2.89.